The van der Waals surface area contributed by atoms with Crippen LogP contribution in [0.1, 0.15) is 12.2 Å². The van der Waals surface area contributed by atoms with Crippen molar-refractivity contribution in [2.45, 2.75) is 12.8 Å². The molecule has 1 unspecified atom stereocenters. The van der Waals surface area contributed by atoms with Crippen LogP contribution in [0.4, 0.5) is 5.69 Å². The predicted molar refractivity (Wildman–Crippen MR) is 75.4 cm³/mol. The largest absolute Gasteiger partial charge is 0.342 e. The molecule has 6 heteroatoms. The van der Waals surface area contributed by atoms with Gasteiger partial charge in [0.25, 0.3) is 5.69 Å². The maximum absolute atomic E-state index is 10.6. The van der Waals surface area contributed by atoms with E-state index in [-0.39, 0.29) is 5.69 Å². The number of imidazole rings is 1. The third-order valence-electron chi connectivity index (χ3n) is 3.66. The van der Waals surface area contributed by atoms with Crippen LogP contribution in [-0.4, -0.2) is 28.0 Å². The minimum absolute atomic E-state index is 0.102. The van der Waals surface area contributed by atoms with Gasteiger partial charge in [0.2, 0.25) is 0 Å². The van der Waals surface area contributed by atoms with Crippen LogP contribution < -0.4 is 5.32 Å². The fourth-order valence-electron chi connectivity index (χ4n) is 2.54. The third kappa shape index (κ3) is 2.70. The van der Waals surface area contributed by atoms with Gasteiger partial charge in [0.15, 0.2) is 0 Å². The molecule has 1 aliphatic heterocycles. The van der Waals surface area contributed by atoms with Crippen LogP contribution in [0.5, 0.6) is 0 Å². The second-order valence-electron chi connectivity index (χ2n) is 5.11. The van der Waals surface area contributed by atoms with Gasteiger partial charge >= 0.3 is 0 Å². The van der Waals surface area contributed by atoms with Crippen molar-refractivity contribution in [1.29, 1.82) is 0 Å². The highest BCUT2D eigenvalue weighted by atomic mass is 16.6. The van der Waals surface area contributed by atoms with Gasteiger partial charge in [-0.2, -0.15) is 0 Å². The number of aromatic amines is 1. The standard InChI is InChI=1S/C14H16N4O2/c19-18(20)12-3-1-11(2-4-12)13-9-16-14(17-13)7-10-5-6-15-8-10/h1-4,9-10,15H,5-8H2,(H,16,17). The molecule has 0 amide bonds. The smallest absolute Gasteiger partial charge is 0.269 e. The summed E-state index contributed by atoms with van der Waals surface area (Å²) in [5.41, 5.74) is 1.92. The first-order valence-corrected chi connectivity index (χ1v) is 6.72. The minimum atomic E-state index is -0.394. The summed E-state index contributed by atoms with van der Waals surface area (Å²) in [4.78, 5) is 17.9. The van der Waals surface area contributed by atoms with Crippen molar-refractivity contribution >= 4 is 5.69 Å². The number of nitro groups is 1. The highest BCUT2D eigenvalue weighted by Gasteiger charge is 2.16. The Morgan fingerprint density at radius 3 is 2.80 bits per heavy atom. The summed E-state index contributed by atoms with van der Waals surface area (Å²) in [5, 5.41) is 14.0. The SMILES string of the molecule is O=[N+]([O-])c1ccc(-c2cnc(CC3CCNC3)[nH]2)cc1. The molecule has 1 aromatic carbocycles. The fraction of sp³-hybridized carbons (Fsp3) is 0.357. The highest BCUT2D eigenvalue weighted by Crippen LogP contribution is 2.22. The Kier molecular flexibility index (Phi) is 3.47. The van der Waals surface area contributed by atoms with Crippen molar-refractivity contribution < 1.29 is 4.92 Å². The molecule has 0 bridgehead atoms. The molecule has 0 radical (unpaired) electrons. The summed E-state index contributed by atoms with van der Waals surface area (Å²) in [6.07, 6.45) is 3.92. The maximum Gasteiger partial charge on any atom is 0.269 e. The molecule has 1 aromatic heterocycles. The quantitative estimate of drug-likeness (QED) is 0.659. The Balaban J connectivity index is 1.73. The van der Waals surface area contributed by atoms with Gasteiger partial charge in [-0.3, -0.25) is 10.1 Å². The number of hydrogen-bond donors (Lipinski definition) is 2. The van der Waals surface area contributed by atoms with Crippen LogP contribution >= 0.6 is 0 Å². The van der Waals surface area contributed by atoms with Gasteiger partial charge in [-0.1, -0.05) is 0 Å². The number of nitro benzene ring substituents is 1. The first-order chi connectivity index (χ1) is 9.72. The number of non-ortho nitro benzene ring substituents is 1. The van der Waals surface area contributed by atoms with E-state index < -0.39 is 4.92 Å². The Morgan fingerprint density at radius 2 is 2.15 bits per heavy atom. The average molecular weight is 272 g/mol. The molecule has 2 aromatic rings. The van der Waals surface area contributed by atoms with Crippen molar-refractivity contribution in [3.05, 3.63) is 46.4 Å². The van der Waals surface area contributed by atoms with Gasteiger partial charge in [-0.25, -0.2) is 4.98 Å². The fourth-order valence-corrected chi connectivity index (χ4v) is 2.54. The molecular formula is C14H16N4O2. The van der Waals surface area contributed by atoms with E-state index in [2.05, 4.69) is 15.3 Å². The first-order valence-electron chi connectivity index (χ1n) is 6.72. The summed E-state index contributed by atoms with van der Waals surface area (Å²) in [5.74, 6) is 1.62. The lowest BCUT2D eigenvalue weighted by Gasteiger charge is -2.04. The molecule has 6 nitrogen and oxygen atoms in total. The van der Waals surface area contributed by atoms with Gasteiger partial charge in [0.1, 0.15) is 5.82 Å². The van der Waals surface area contributed by atoms with Crippen molar-refractivity contribution in [2.24, 2.45) is 5.92 Å². The van der Waals surface area contributed by atoms with Crippen molar-refractivity contribution in [3.63, 3.8) is 0 Å². The van der Waals surface area contributed by atoms with E-state index in [0.717, 1.165) is 36.6 Å². The minimum Gasteiger partial charge on any atom is -0.342 e. The molecule has 104 valence electrons. The summed E-state index contributed by atoms with van der Waals surface area (Å²) in [6.45, 7) is 2.13. The van der Waals surface area contributed by atoms with E-state index >= 15 is 0 Å². The molecular weight excluding hydrogens is 256 g/mol. The number of H-pyrrole nitrogens is 1. The monoisotopic (exact) mass is 272 g/mol. The number of aromatic nitrogens is 2. The number of rotatable bonds is 4. The van der Waals surface area contributed by atoms with Crippen LogP contribution in [0, 0.1) is 16.0 Å². The number of nitrogens with zero attached hydrogens (tertiary/aromatic N) is 2. The zero-order valence-electron chi connectivity index (χ0n) is 11.0. The molecule has 1 saturated heterocycles. The van der Waals surface area contributed by atoms with Crippen LogP contribution in [-0.2, 0) is 6.42 Å². The van der Waals surface area contributed by atoms with Crippen molar-refractivity contribution in [2.75, 3.05) is 13.1 Å². The van der Waals surface area contributed by atoms with Crippen molar-refractivity contribution in [1.82, 2.24) is 15.3 Å². The van der Waals surface area contributed by atoms with Crippen molar-refractivity contribution in [3.8, 4) is 11.3 Å². The summed E-state index contributed by atoms with van der Waals surface area (Å²) >= 11 is 0. The summed E-state index contributed by atoms with van der Waals surface area (Å²) < 4.78 is 0. The van der Waals surface area contributed by atoms with Crippen LogP contribution in [0.3, 0.4) is 0 Å². The number of benzene rings is 1. The molecule has 0 spiro atoms. The predicted octanol–water partition coefficient (Wildman–Crippen LogP) is 2.14. The van der Waals surface area contributed by atoms with Crippen LogP contribution in [0.25, 0.3) is 11.3 Å². The Hall–Kier alpha value is -2.21. The van der Waals surface area contributed by atoms with Crippen LogP contribution in [0.15, 0.2) is 30.5 Å². The summed E-state index contributed by atoms with van der Waals surface area (Å²) in [7, 11) is 0. The molecule has 2 heterocycles. The van der Waals surface area contributed by atoms with Gasteiger partial charge in [0.05, 0.1) is 16.8 Å². The molecule has 0 aliphatic carbocycles. The van der Waals surface area contributed by atoms with E-state index in [0.29, 0.717) is 5.92 Å². The topological polar surface area (TPSA) is 83.8 Å². The maximum atomic E-state index is 10.6. The lowest BCUT2D eigenvalue weighted by Crippen LogP contribution is -2.11. The third-order valence-corrected chi connectivity index (χ3v) is 3.66. The Labute approximate surface area is 116 Å². The molecule has 2 N–H and O–H groups in total. The zero-order chi connectivity index (χ0) is 13.9. The molecule has 1 aliphatic rings. The van der Waals surface area contributed by atoms with Gasteiger partial charge in [0, 0.05) is 24.1 Å². The van der Waals surface area contributed by atoms with Crippen LogP contribution in [0.2, 0.25) is 0 Å². The first kappa shape index (κ1) is 12.8. The second-order valence-corrected chi connectivity index (χ2v) is 5.11. The number of hydrogen-bond acceptors (Lipinski definition) is 4. The average Bonchev–Trinajstić information content (AvgIpc) is 3.11. The zero-order valence-corrected chi connectivity index (χ0v) is 11.0. The molecule has 3 rings (SSSR count). The lowest BCUT2D eigenvalue weighted by molar-refractivity contribution is -0.384. The molecule has 20 heavy (non-hydrogen) atoms. The van der Waals surface area contributed by atoms with E-state index in [1.807, 2.05) is 0 Å². The van der Waals surface area contributed by atoms with Gasteiger partial charge in [-0.05, 0) is 37.6 Å². The van der Waals surface area contributed by atoms with Gasteiger partial charge < -0.3 is 10.3 Å². The summed E-state index contributed by atoms with van der Waals surface area (Å²) in [6, 6.07) is 6.51. The van der Waals surface area contributed by atoms with E-state index in [9.17, 15) is 10.1 Å². The second kappa shape index (κ2) is 5.42. The van der Waals surface area contributed by atoms with E-state index in [1.165, 1.54) is 18.6 Å². The van der Waals surface area contributed by atoms with Gasteiger partial charge in [-0.15, -0.1) is 0 Å². The molecule has 1 fully saturated rings. The molecule has 1 atom stereocenters. The Morgan fingerprint density at radius 1 is 1.35 bits per heavy atom. The van der Waals surface area contributed by atoms with E-state index in [4.69, 9.17) is 0 Å². The lowest BCUT2D eigenvalue weighted by atomic mass is 10.1. The van der Waals surface area contributed by atoms with E-state index in [1.54, 1.807) is 18.3 Å². The Bertz CT molecular complexity index is 600. The number of nitrogens with one attached hydrogen (secondary N) is 2. The highest BCUT2D eigenvalue weighted by molar-refractivity contribution is 5.60. The molecule has 0 saturated carbocycles. The normalized spacial score (nSPS) is 18.3.